The summed E-state index contributed by atoms with van der Waals surface area (Å²) in [7, 11) is 0. The van der Waals surface area contributed by atoms with E-state index in [0.717, 1.165) is 11.4 Å². The highest BCUT2D eigenvalue weighted by Crippen LogP contribution is 2.27. The molecule has 152 valence electrons. The average molecular weight is 395 g/mol. The lowest BCUT2D eigenvalue weighted by Crippen LogP contribution is -2.45. The van der Waals surface area contributed by atoms with Crippen LogP contribution in [0.4, 0.5) is 5.69 Å². The molecule has 2 aliphatic heterocycles. The molecule has 7 nitrogen and oxygen atoms in total. The van der Waals surface area contributed by atoms with Crippen molar-refractivity contribution in [1.82, 2.24) is 10.2 Å². The van der Waals surface area contributed by atoms with Crippen LogP contribution in [-0.4, -0.2) is 42.3 Å². The maximum atomic E-state index is 12.9. The van der Waals surface area contributed by atoms with Crippen molar-refractivity contribution in [3.8, 4) is 0 Å². The van der Waals surface area contributed by atoms with Gasteiger partial charge < -0.3 is 19.5 Å². The van der Waals surface area contributed by atoms with Crippen molar-refractivity contribution in [3.63, 3.8) is 0 Å². The average Bonchev–Trinajstić information content (AvgIpc) is 3.42. The van der Waals surface area contributed by atoms with Gasteiger partial charge in [0.2, 0.25) is 17.7 Å². The van der Waals surface area contributed by atoms with Gasteiger partial charge >= 0.3 is 0 Å². The number of rotatable bonds is 5. The fourth-order valence-corrected chi connectivity index (χ4v) is 4.08. The lowest BCUT2D eigenvalue weighted by Gasteiger charge is -2.32. The van der Waals surface area contributed by atoms with Gasteiger partial charge in [0.1, 0.15) is 5.76 Å². The summed E-state index contributed by atoms with van der Waals surface area (Å²) >= 11 is 0. The van der Waals surface area contributed by atoms with Gasteiger partial charge in [-0.15, -0.1) is 0 Å². The van der Waals surface area contributed by atoms with Gasteiger partial charge in [0.25, 0.3) is 0 Å². The first-order chi connectivity index (χ1) is 14.1. The zero-order valence-electron chi connectivity index (χ0n) is 16.3. The normalized spacial score (nSPS) is 20.1. The van der Waals surface area contributed by atoms with Gasteiger partial charge in [-0.25, -0.2) is 0 Å². The molecule has 2 saturated heterocycles. The quantitative estimate of drug-likeness (QED) is 0.841. The molecule has 1 N–H and O–H groups in total. The van der Waals surface area contributed by atoms with Crippen LogP contribution in [0.3, 0.4) is 0 Å². The third kappa shape index (κ3) is 4.34. The second-order valence-corrected chi connectivity index (χ2v) is 7.64. The SMILES string of the molecule is O=C(NCc1ccco1)C1CCN(C(=O)[C@@H]2CC(=O)N(c3ccccc3)C2)CC1. The summed E-state index contributed by atoms with van der Waals surface area (Å²) in [5, 5.41) is 2.90. The van der Waals surface area contributed by atoms with E-state index >= 15 is 0 Å². The predicted octanol–water partition coefficient (Wildman–Crippen LogP) is 2.19. The lowest BCUT2D eigenvalue weighted by atomic mass is 9.94. The number of carbonyl (C=O) groups is 3. The number of nitrogens with one attached hydrogen (secondary N) is 1. The third-order valence-corrected chi connectivity index (χ3v) is 5.74. The van der Waals surface area contributed by atoms with Crippen LogP contribution in [0.2, 0.25) is 0 Å². The summed E-state index contributed by atoms with van der Waals surface area (Å²) < 4.78 is 5.23. The molecule has 29 heavy (non-hydrogen) atoms. The Kier molecular flexibility index (Phi) is 5.64. The molecule has 2 aromatic rings. The van der Waals surface area contributed by atoms with Crippen LogP contribution in [-0.2, 0) is 20.9 Å². The highest BCUT2D eigenvalue weighted by Gasteiger charge is 2.38. The molecule has 3 heterocycles. The van der Waals surface area contributed by atoms with E-state index in [2.05, 4.69) is 5.32 Å². The molecule has 0 radical (unpaired) electrons. The molecule has 0 unspecified atom stereocenters. The Bertz CT molecular complexity index is 857. The van der Waals surface area contributed by atoms with E-state index in [1.165, 1.54) is 0 Å². The number of piperidine rings is 1. The van der Waals surface area contributed by atoms with Crippen LogP contribution in [0.5, 0.6) is 0 Å². The van der Waals surface area contributed by atoms with E-state index in [0.29, 0.717) is 39.0 Å². The summed E-state index contributed by atoms with van der Waals surface area (Å²) in [6.07, 6.45) is 3.10. The number of hydrogen-bond donors (Lipinski definition) is 1. The zero-order valence-corrected chi connectivity index (χ0v) is 16.3. The lowest BCUT2D eigenvalue weighted by molar-refractivity contribution is -0.139. The van der Waals surface area contributed by atoms with Gasteiger partial charge in [0, 0.05) is 37.7 Å². The van der Waals surface area contributed by atoms with Crippen molar-refractivity contribution in [2.45, 2.75) is 25.8 Å². The number of likely N-dealkylation sites (tertiary alicyclic amines) is 1. The van der Waals surface area contributed by atoms with E-state index in [9.17, 15) is 14.4 Å². The van der Waals surface area contributed by atoms with Crippen LogP contribution in [0.25, 0.3) is 0 Å². The number of nitrogens with zero attached hydrogens (tertiary/aromatic N) is 2. The molecule has 0 spiro atoms. The number of benzene rings is 1. The van der Waals surface area contributed by atoms with Crippen molar-refractivity contribution in [2.75, 3.05) is 24.5 Å². The van der Waals surface area contributed by atoms with Gasteiger partial charge in [-0.1, -0.05) is 18.2 Å². The van der Waals surface area contributed by atoms with E-state index in [4.69, 9.17) is 4.42 Å². The highest BCUT2D eigenvalue weighted by molar-refractivity contribution is 6.00. The first kappa shape index (κ1) is 19.2. The van der Waals surface area contributed by atoms with Crippen molar-refractivity contribution < 1.29 is 18.8 Å². The Hall–Kier alpha value is -3.09. The fraction of sp³-hybridized carbons (Fsp3) is 0.409. The summed E-state index contributed by atoms with van der Waals surface area (Å²) in [4.78, 5) is 41.2. The van der Waals surface area contributed by atoms with Crippen molar-refractivity contribution in [3.05, 3.63) is 54.5 Å². The molecular weight excluding hydrogens is 370 g/mol. The van der Waals surface area contributed by atoms with Crippen LogP contribution >= 0.6 is 0 Å². The number of para-hydroxylation sites is 1. The Balaban J connectivity index is 1.27. The van der Waals surface area contributed by atoms with Crippen LogP contribution in [0, 0.1) is 11.8 Å². The number of amides is 3. The van der Waals surface area contributed by atoms with Crippen molar-refractivity contribution in [1.29, 1.82) is 0 Å². The number of furan rings is 1. The van der Waals surface area contributed by atoms with E-state index in [1.807, 2.05) is 41.3 Å². The van der Waals surface area contributed by atoms with E-state index in [-0.39, 0.29) is 36.0 Å². The molecular formula is C22H25N3O4. The summed E-state index contributed by atoms with van der Waals surface area (Å²) in [6.45, 7) is 1.90. The van der Waals surface area contributed by atoms with E-state index < -0.39 is 0 Å². The highest BCUT2D eigenvalue weighted by atomic mass is 16.3. The molecule has 2 aliphatic rings. The molecule has 1 aromatic heterocycles. The first-order valence-electron chi connectivity index (χ1n) is 10.1. The largest absolute Gasteiger partial charge is 0.467 e. The maximum absolute atomic E-state index is 12.9. The third-order valence-electron chi connectivity index (χ3n) is 5.74. The molecule has 2 fully saturated rings. The van der Waals surface area contributed by atoms with Crippen LogP contribution in [0.1, 0.15) is 25.0 Å². The van der Waals surface area contributed by atoms with Gasteiger partial charge in [0.05, 0.1) is 18.7 Å². The van der Waals surface area contributed by atoms with Crippen molar-refractivity contribution in [2.24, 2.45) is 11.8 Å². The molecule has 7 heteroatoms. The molecule has 0 bridgehead atoms. The molecule has 0 saturated carbocycles. The summed E-state index contributed by atoms with van der Waals surface area (Å²) in [6, 6.07) is 13.1. The van der Waals surface area contributed by atoms with Gasteiger partial charge in [-0.3, -0.25) is 14.4 Å². The summed E-state index contributed by atoms with van der Waals surface area (Å²) in [5.41, 5.74) is 0.833. The zero-order chi connectivity index (χ0) is 20.2. The topological polar surface area (TPSA) is 82.9 Å². The van der Waals surface area contributed by atoms with E-state index in [1.54, 1.807) is 17.2 Å². The fourth-order valence-electron chi connectivity index (χ4n) is 4.08. The molecule has 4 rings (SSSR count). The molecule has 3 amide bonds. The van der Waals surface area contributed by atoms with Crippen LogP contribution < -0.4 is 10.2 Å². The Morgan fingerprint density at radius 1 is 1.03 bits per heavy atom. The second-order valence-electron chi connectivity index (χ2n) is 7.64. The molecule has 0 aliphatic carbocycles. The minimum Gasteiger partial charge on any atom is -0.467 e. The molecule has 1 aromatic carbocycles. The standard InChI is InChI=1S/C22H25N3O4/c26-20-13-17(15-25(20)18-5-2-1-3-6-18)22(28)24-10-8-16(9-11-24)21(27)23-14-19-7-4-12-29-19/h1-7,12,16-17H,8-11,13-15H2,(H,23,27)/t17-/m1/s1. The molecule has 1 atom stereocenters. The van der Waals surface area contributed by atoms with Gasteiger partial charge in [0.15, 0.2) is 0 Å². The first-order valence-corrected chi connectivity index (χ1v) is 10.1. The monoisotopic (exact) mass is 395 g/mol. The van der Waals surface area contributed by atoms with Crippen molar-refractivity contribution >= 4 is 23.4 Å². The second kappa shape index (κ2) is 8.51. The Morgan fingerprint density at radius 3 is 2.48 bits per heavy atom. The van der Waals surface area contributed by atoms with Gasteiger partial charge in [-0.2, -0.15) is 0 Å². The van der Waals surface area contributed by atoms with Crippen LogP contribution in [0.15, 0.2) is 53.1 Å². The van der Waals surface area contributed by atoms with Gasteiger partial charge in [-0.05, 0) is 37.1 Å². The number of anilines is 1. The Labute approximate surface area is 169 Å². The summed E-state index contributed by atoms with van der Waals surface area (Å²) in [5.74, 6) is 0.319. The smallest absolute Gasteiger partial charge is 0.228 e. The predicted molar refractivity (Wildman–Crippen MR) is 107 cm³/mol. The number of carbonyl (C=O) groups excluding carboxylic acids is 3. The Morgan fingerprint density at radius 2 is 1.79 bits per heavy atom. The maximum Gasteiger partial charge on any atom is 0.228 e. The minimum atomic E-state index is -0.313. The minimum absolute atomic E-state index is 0.000189. The number of hydrogen-bond acceptors (Lipinski definition) is 4.